The maximum Gasteiger partial charge on any atom is 0.278 e. The van der Waals surface area contributed by atoms with Crippen molar-refractivity contribution in [2.75, 3.05) is 25.6 Å². The smallest absolute Gasteiger partial charge is 0.278 e. The number of amides is 2. The van der Waals surface area contributed by atoms with Gasteiger partial charge >= 0.3 is 0 Å². The molecule has 2 aromatic rings. The number of benzene rings is 2. The van der Waals surface area contributed by atoms with E-state index in [4.69, 9.17) is 9.47 Å². The molecule has 0 unspecified atom stereocenters. The molecule has 1 aliphatic rings. The molecule has 0 fully saturated rings. The molecule has 0 atom stereocenters. The van der Waals surface area contributed by atoms with Crippen LogP contribution in [0.25, 0.3) is 5.57 Å². The van der Waals surface area contributed by atoms with Crippen molar-refractivity contribution in [2.45, 2.75) is 26.9 Å². The molecule has 152 valence electrons. The van der Waals surface area contributed by atoms with Crippen LogP contribution in [0.15, 0.2) is 54.2 Å². The summed E-state index contributed by atoms with van der Waals surface area (Å²) >= 11 is 0. The van der Waals surface area contributed by atoms with Crippen LogP contribution in [0.4, 0.5) is 5.69 Å². The summed E-state index contributed by atoms with van der Waals surface area (Å²) in [7, 11) is 1.54. The number of nitrogens with zero attached hydrogens (tertiary/aromatic N) is 1. The highest BCUT2D eigenvalue weighted by molar-refractivity contribution is 6.36. The fraction of sp³-hybridized carbons (Fsp3) is 0.304. The summed E-state index contributed by atoms with van der Waals surface area (Å²) in [5.41, 5.74) is 3.10. The van der Waals surface area contributed by atoms with Crippen LogP contribution in [0.2, 0.25) is 0 Å². The molecule has 0 aromatic heterocycles. The summed E-state index contributed by atoms with van der Waals surface area (Å²) in [5, 5.41) is 3.16. The molecule has 2 amide bonds. The third kappa shape index (κ3) is 4.66. The van der Waals surface area contributed by atoms with E-state index >= 15 is 0 Å². The highest BCUT2D eigenvalue weighted by Crippen LogP contribution is 2.31. The Morgan fingerprint density at radius 1 is 1.03 bits per heavy atom. The van der Waals surface area contributed by atoms with Crippen LogP contribution in [0.5, 0.6) is 5.75 Å². The van der Waals surface area contributed by atoms with Gasteiger partial charge in [0.2, 0.25) is 0 Å². The molecule has 1 heterocycles. The van der Waals surface area contributed by atoms with E-state index in [2.05, 4.69) is 5.32 Å². The van der Waals surface area contributed by atoms with Gasteiger partial charge in [0.05, 0.1) is 24.8 Å². The molecule has 1 aliphatic heterocycles. The highest BCUT2D eigenvalue weighted by Gasteiger charge is 2.38. The maximum absolute atomic E-state index is 13.1. The van der Waals surface area contributed by atoms with E-state index in [0.29, 0.717) is 16.9 Å². The summed E-state index contributed by atoms with van der Waals surface area (Å²) in [4.78, 5) is 27.3. The van der Waals surface area contributed by atoms with E-state index in [9.17, 15) is 9.59 Å². The van der Waals surface area contributed by atoms with Crippen LogP contribution in [0, 0.1) is 6.92 Å². The molecule has 6 nitrogen and oxygen atoms in total. The fourth-order valence-electron chi connectivity index (χ4n) is 3.18. The van der Waals surface area contributed by atoms with Crippen molar-refractivity contribution in [3.05, 3.63) is 65.4 Å². The Labute approximate surface area is 171 Å². The highest BCUT2D eigenvalue weighted by atomic mass is 16.5. The number of carbonyl (C=O) groups excluding carboxylic acids is 2. The quantitative estimate of drug-likeness (QED) is 0.693. The van der Waals surface area contributed by atoms with Crippen molar-refractivity contribution < 1.29 is 19.1 Å². The third-order valence-corrected chi connectivity index (χ3v) is 4.49. The van der Waals surface area contributed by atoms with Gasteiger partial charge in [0, 0.05) is 12.8 Å². The van der Waals surface area contributed by atoms with Crippen LogP contribution in [0.1, 0.15) is 25.0 Å². The summed E-state index contributed by atoms with van der Waals surface area (Å²) < 4.78 is 10.7. The average molecular weight is 394 g/mol. The number of anilines is 1. The zero-order valence-corrected chi connectivity index (χ0v) is 17.2. The van der Waals surface area contributed by atoms with E-state index in [1.54, 1.807) is 19.2 Å². The molecular formula is C23H26N2O4. The first-order valence-corrected chi connectivity index (χ1v) is 9.61. The number of ether oxygens (including phenoxy) is 2. The van der Waals surface area contributed by atoms with E-state index in [1.165, 1.54) is 4.90 Å². The Balaban J connectivity index is 1.99. The van der Waals surface area contributed by atoms with Crippen LogP contribution >= 0.6 is 0 Å². The van der Waals surface area contributed by atoms with E-state index in [0.717, 1.165) is 11.3 Å². The van der Waals surface area contributed by atoms with Gasteiger partial charge < -0.3 is 14.8 Å². The van der Waals surface area contributed by atoms with Gasteiger partial charge in [-0.05, 0) is 56.2 Å². The van der Waals surface area contributed by atoms with Gasteiger partial charge in [0.15, 0.2) is 0 Å². The van der Waals surface area contributed by atoms with Crippen LogP contribution in [-0.2, 0) is 14.3 Å². The average Bonchev–Trinajstić information content (AvgIpc) is 2.90. The predicted molar refractivity (Wildman–Crippen MR) is 113 cm³/mol. The Morgan fingerprint density at radius 2 is 1.76 bits per heavy atom. The number of methoxy groups -OCH3 is 1. The van der Waals surface area contributed by atoms with Crippen LogP contribution in [-0.4, -0.2) is 43.1 Å². The van der Waals surface area contributed by atoms with Gasteiger partial charge in [-0.1, -0.05) is 24.3 Å². The Morgan fingerprint density at radius 3 is 2.38 bits per heavy atom. The summed E-state index contributed by atoms with van der Waals surface area (Å²) in [6.45, 7) is 6.36. The van der Waals surface area contributed by atoms with Crippen molar-refractivity contribution >= 4 is 23.1 Å². The minimum absolute atomic E-state index is 0.0536. The Kier molecular flexibility index (Phi) is 6.34. The molecule has 3 rings (SSSR count). The molecule has 1 N–H and O–H groups in total. The lowest BCUT2D eigenvalue weighted by Gasteiger charge is -2.14. The normalized spacial score (nSPS) is 14.2. The SMILES string of the molecule is COCCN1C(=O)C(Nc2cccc(C)c2)=C(c2ccc(OC(C)C)cc2)C1=O. The van der Waals surface area contributed by atoms with E-state index in [-0.39, 0.29) is 36.8 Å². The molecule has 0 aliphatic carbocycles. The molecule has 0 radical (unpaired) electrons. The maximum atomic E-state index is 13.1. The molecule has 0 saturated heterocycles. The fourth-order valence-corrected chi connectivity index (χ4v) is 3.18. The molecule has 29 heavy (non-hydrogen) atoms. The number of nitrogens with one attached hydrogen (secondary N) is 1. The minimum atomic E-state index is -0.355. The van der Waals surface area contributed by atoms with Crippen LogP contribution in [0.3, 0.4) is 0 Å². The number of hydrogen-bond donors (Lipinski definition) is 1. The van der Waals surface area contributed by atoms with Gasteiger partial charge in [0.1, 0.15) is 11.4 Å². The number of imide groups is 1. The summed E-state index contributed by atoms with van der Waals surface area (Å²) in [6.07, 6.45) is 0.0536. The monoisotopic (exact) mass is 394 g/mol. The Hall–Kier alpha value is -3.12. The largest absolute Gasteiger partial charge is 0.491 e. The van der Waals surface area contributed by atoms with Crippen molar-refractivity contribution in [1.29, 1.82) is 0 Å². The lowest BCUT2D eigenvalue weighted by molar-refractivity contribution is -0.137. The first-order valence-electron chi connectivity index (χ1n) is 9.61. The minimum Gasteiger partial charge on any atom is -0.491 e. The molecule has 0 bridgehead atoms. The second-order valence-corrected chi connectivity index (χ2v) is 7.19. The number of aryl methyl sites for hydroxylation is 1. The second-order valence-electron chi connectivity index (χ2n) is 7.19. The zero-order chi connectivity index (χ0) is 21.0. The van der Waals surface area contributed by atoms with Gasteiger partial charge in [-0.2, -0.15) is 0 Å². The Bertz CT molecular complexity index is 932. The van der Waals surface area contributed by atoms with Crippen LogP contribution < -0.4 is 10.1 Å². The lowest BCUT2D eigenvalue weighted by atomic mass is 10.0. The molecular weight excluding hydrogens is 368 g/mol. The summed E-state index contributed by atoms with van der Waals surface area (Å²) in [5.74, 6) is 0.0244. The number of carbonyl (C=O) groups is 2. The molecule has 0 saturated carbocycles. The van der Waals surface area contributed by atoms with E-state index < -0.39 is 0 Å². The standard InChI is InChI=1S/C23H26N2O4/c1-15(2)29-19-10-8-17(9-11-19)20-21(24-18-7-5-6-16(3)14-18)23(27)25(22(20)26)12-13-28-4/h5-11,14-15,24H,12-13H2,1-4H3. The molecule has 6 heteroatoms. The second kappa shape index (κ2) is 8.92. The first kappa shape index (κ1) is 20.6. The van der Waals surface area contributed by atoms with Gasteiger partial charge in [-0.3, -0.25) is 14.5 Å². The van der Waals surface area contributed by atoms with E-state index in [1.807, 2.05) is 57.2 Å². The number of rotatable bonds is 8. The van der Waals surface area contributed by atoms with Gasteiger partial charge in [0.25, 0.3) is 11.8 Å². The molecule has 0 spiro atoms. The lowest BCUT2D eigenvalue weighted by Crippen LogP contribution is -2.35. The predicted octanol–water partition coefficient (Wildman–Crippen LogP) is 3.62. The summed E-state index contributed by atoms with van der Waals surface area (Å²) in [6, 6.07) is 14.9. The van der Waals surface area contributed by atoms with Crippen molar-refractivity contribution in [2.24, 2.45) is 0 Å². The number of hydrogen-bond acceptors (Lipinski definition) is 5. The van der Waals surface area contributed by atoms with Crippen molar-refractivity contribution in [1.82, 2.24) is 4.90 Å². The van der Waals surface area contributed by atoms with Crippen molar-refractivity contribution in [3.63, 3.8) is 0 Å². The topological polar surface area (TPSA) is 67.9 Å². The van der Waals surface area contributed by atoms with Gasteiger partial charge in [-0.15, -0.1) is 0 Å². The van der Waals surface area contributed by atoms with Crippen molar-refractivity contribution in [3.8, 4) is 5.75 Å². The van der Waals surface area contributed by atoms with Gasteiger partial charge in [-0.25, -0.2) is 0 Å². The zero-order valence-electron chi connectivity index (χ0n) is 17.2. The molecule has 2 aromatic carbocycles. The third-order valence-electron chi connectivity index (χ3n) is 4.49. The first-order chi connectivity index (χ1) is 13.9.